The van der Waals surface area contributed by atoms with E-state index in [1.165, 1.54) is 11.6 Å². The van der Waals surface area contributed by atoms with Crippen LogP contribution < -0.4 is 16.0 Å². The second kappa shape index (κ2) is 15.0. The van der Waals surface area contributed by atoms with Gasteiger partial charge in [-0.1, -0.05) is 64.4 Å². The molecule has 2 heterocycles. The molecule has 45 heavy (non-hydrogen) atoms. The van der Waals surface area contributed by atoms with Crippen molar-refractivity contribution in [1.82, 2.24) is 25.1 Å². The molecule has 9 heteroatoms. The van der Waals surface area contributed by atoms with Crippen molar-refractivity contribution in [2.24, 2.45) is 11.3 Å². The van der Waals surface area contributed by atoms with Crippen LogP contribution in [-0.4, -0.2) is 58.6 Å². The monoisotopic (exact) mass is 620 g/mol. The van der Waals surface area contributed by atoms with Crippen LogP contribution in [0.2, 0.25) is 0 Å². The number of fused-ring (bicyclic) bond motifs is 1. The van der Waals surface area contributed by atoms with Crippen LogP contribution in [-0.2, 0) is 24.2 Å². The van der Waals surface area contributed by atoms with E-state index in [0.717, 1.165) is 63.6 Å². The largest absolute Gasteiger partial charge is 0.331 e. The molecule has 0 radical (unpaired) electrons. The van der Waals surface area contributed by atoms with Crippen molar-refractivity contribution in [1.29, 1.82) is 0 Å². The Balaban J connectivity index is 1.22. The molecule has 1 saturated heterocycles. The Kier molecular flexibility index (Phi) is 11.1. The first-order valence-corrected chi connectivity index (χ1v) is 16.6. The van der Waals surface area contributed by atoms with Crippen LogP contribution in [0, 0.1) is 23.0 Å². The maximum atomic E-state index is 14.5. The van der Waals surface area contributed by atoms with Gasteiger partial charge in [-0.3, -0.25) is 9.69 Å². The van der Waals surface area contributed by atoms with Crippen LogP contribution in [0.1, 0.15) is 76.1 Å². The number of hydrogen-bond acceptors (Lipinski definition) is 5. The highest BCUT2D eigenvalue weighted by molar-refractivity contribution is 5.94. The fourth-order valence-corrected chi connectivity index (χ4v) is 6.87. The van der Waals surface area contributed by atoms with Gasteiger partial charge in [0.15, 0.2) is 5.82 Å². The quantitative estimate of drug-likeness (QED) is 0.201. The molecule has 1 amide bonds. The van der Waals surface area contributed by atoms with E-state index in [2.05, 4.69) is 81.5 Å². The number of imidazole rings is 1. The average Bonchev–Trinajstić information content (AvgIpc) is 3.62. The standard InChI is InChI=1S/C36H50F2N6O/c1-5-9-32(41-29-13-12-26-16-28(37)17-31(38)30(26)18-29)35(45)42-34-22-44(24-40-34)33-21-43(19-25-10-7-6-8-11-25)20-27(33)14-15-39-23-36(2,3)4/h6-8,10-11,16-17,22,24,27,29,32-33,39,41H,5,9,12-15,18-21,23H2,1-4H3,(H,42,45)/t27-,29+,32+,33?/m1/s1. The second-order valence-corrected chi connectivity index (χ2v) is 14.2. The van der Waals surface area contributed by atoms with Gasteiger partial charge in [-0.2, -0.15) is 0 Å². The lowest BCUT2D eigenvalue weighted by Crippen LogP contribution is -2.48. The fourth-order valence-electron chi connectivity index (χ4n) is 6.87. The number of benzene rings is 2. The van der Waals surface area contributed by atoms with Gasteiger partial charge < -0.3 is 20.5 Å². The Bertz CT molecular complexity index is 1400. The van der Waals surface area contributed by atoms with Crippen molar-refractivity contribution in [2.45, 2.75) is 90.9 Å². The highest BCUT2D eigenvalue weighted by atomic mass is 19.1. The minimum Gasteiger partial charge on any atom is -0.331 e. The van der Waals surface area contributed by atoms with Crippen molar-refractivity contribution in [3.63, 3.8) is 0 Å². The lowest BCUT2D eigenvalue weighted by Gasteiger charge is -2.29. The average molecular weight is 621 g/mol. The van der Waals surface area contributed by atoms with Crippen molar-refractivity contribution < 1.29 is 13.6 Å². The van der Waals surface area contributed by atoms with Crippen LogP contribution in [0.25, 0.3) is 0 Å². The summed E-state index contributed by atoms with van der Waals surface area (Å²) in [5.74, 6) is -0.171. The summed E-state index contributed by atoms with van der Waals surface area (Å²) in [6, 6.07) is 12.8. The molecule has 2 aliphatic rings. The highest BCUT2D eigenvalue weighted by Gasteiger charge is 2.34. The molecule has 1 fully saturated rings. The zero-order valence-corrected chi connectivity index (χ0v) is 27.3. The van der Waals surface area contributed by atoms with E-state index in [1.807, 2.05) is 19.4 Å². The predicted molar refractivity (Wildman–Crippen MR) is 176 cm³/mol. The summed E-state index contributed by atoms with van der Waals surface area (Å²) in [4.78, 5) is 20.6. The first-order chi connectivity index (χ1) is 21.6. The first-order valence-electron chi connectivity index (χ1n) is 16.6. The molecule has 1 aliphatic heterocycles. The maximum Gasteiger partial charge on any atom is 0.242 e. The Labute approximate surface area is 267 Å². The summed E-state index contributed by atoms with van der Waals surface area (Å²) in [6.45, 7) is 13.6. The topological polar surface area (TPSA) is 74.2 Å². The zero-order chi connectivity index (χ0) is 32.0. The van der Waals surface area contributed by atoms with Gasteiger partial charge in [0, 0.05) is 37.9 Å². The molecule has 1 aliphatic carbocycles. The highest BCUT2D eigenvalue weighted by Crippen LogP contribution is 2.32. The number of carbonyl (C=O) groups excluding carboxylic acids is 1. The molecular weight excluding hydrogens is 570 g/mol. The summed E-state index contributed by atoms with van der Waals surface area (Å²) >= 11 is 0. The Morgan fingerprint density at radius 3 is 2.69 bits per heavy atom. The zero-order valence-electron chi connectivity index (χ0n) is 27.3. The van der Waals surface area contributed by atoms with Gasteiger partial charge >= 0.3 is 0 Å². The van der Waals surface area contributed by atoms with E-state index in [4.69, 9.17) is 0 Å². The second-order valence-electron chi connectivity index (χ2n) is 14.2. The van der Waals surface area contributed by atoms with Crippen molar-refractivity contribution >= 4 is 11.7 Å². The predicted octanol–water partition coefficient (Wildman–Crippen LogP) is 6.11. The van der Waals surface area contributed by atoms with E-state index in [-0.39, 0.29) is 23.4 Å². The van der Waals surface area contributed by atoms with Gasteiger partial charge in [-0.15, -0.1) is 0 Å². The first kappa shape index (κ1) is 33.2. The Morgan fingerprint density at radius 2 is 1.93 bits per heavy atom. The van der Waals surface area contributed by atoms with Crippen molar-refractivity contribution in [2.75, 3.05) is 31.5 Å². The Hall–Kier alpha value is -3.14. The number of nitrogens with zero attached hydrogens (tertiary/aromatic N) is 3. The van der Waals surface area contributed by atoms with Crippen LogP contribution in [0.5, 0.6) is 0 Å². The summed E-state index contributed by atoms with van der Waals surface area (Å²) in [5.41, 5.74) is 2.83. The third-order valence-corrected chi connectivity index (χ3v) is 9.11. The van der Waals surface area contributed by atoms with E-state index in [9.17, 15) is 13.6 Å². The van der Waals surface area contributed by atoms with Gasteiger partial charge in [0.2, 0.25) is 5.91 Å². The number of likely N-dealkylation sites (tertiary alicyclic amines) is 1. The molecule has 0 spiro atoms. The van der Waals surface area contributed by atoms with Crippen LogP contribution in [0.4, 0.5) is 14.6 Å². The molecule has 0 bridgehead atoms. The van der Waals surface area contributed by atoms with Gasteiger partial charge in [-0.25, -0.2) is 13.8 Å². The normalized spacial score (nSPS) is 21.1. The number of amides is 1. The lowest BCUT2D eigenvalue weighted by molar-refractivity contribution is -0.118. The minimum absolute atomic E-state index is 0.0564. The number of anilines is 1. The van der Waals surface area contributed by atoms with Gasteiger partial charge in [0.1, 0.15) is 11.6 Å². The molecule has 3 N–H and O–H groups in total. The number of rotatable bonds is 13. The number of nitrogens with one attached hydrogen (secondary N) is 3. The molecular formula is C36H50F2N6O. The molecule has 0 saturated carbocycles. The van der Waals surface area contributed by atoms with E-state index >= 15 is 0 Å². The van der Waals surface area contributed by atoms with Crippen molar-refractivity contribution in [3.8, 4) is 0 Å². The molecule has 2 aromatic carbocycles. The number of halogens is 2. The van der Waals surface area contributed by atoms with Gasteiger partial charge in [0.25, 0.3) is 0 Å². The lowest BCUT2D eigenvalue weighted by atomic mass is 9.87. The summed E-state index contributed by atoms with van der Waals surface area (Å²) in [5, 5.41) is 10.2. The molecule has 7 nitrogen and oxygen atoms in total. The summed E-state index contributed by atoms with van der Waals surface area (Å²) < 4.78 is 30.4. The number of aryl methyl sites for hydroxylation is 1. The summed E-state index contributed by atoms with van der Waals surface area (Å²) in [6.07, 6.45) is 8.11. The molecule has 244 valence electrons. The molecule has 1 aromatic heterocycles. The van der Waals surface area contributed by atoms with Crippen LogP contribution in [0.3, 0.4) is 0 Å². The molecule has 1 unspecified atom stereocenters. The fraction of sp³-hybridized carbons (Fsp3) is 0.556. The number of hydrogen-bond donors (Lipinski definition) is 3. The summed E-state index contributed by atoms with van der Waals surface area (Å²) in [7, 11) is 0. The van der Waals surface area contributed by atoms with Gasteiger partial charge in [-0.05, 0) is 79.3 Å². The SMILES string of the molecule is CCC[C@H](N[C@H]1CCc2cc(F)cc(F)c2C1)C(=O)Nc1cn(C2CN(Cc3ccccc3)C[C@H]2CCNCC(C)(C)C)cn1. The smallest absolute Gasteiger partial charge is 0.242 e. The van der Waals surface area contributed by atoms with Crippen LogP contribution >= 0.6 is 0 Å². The molecule has 3 aromatic rings. The van der Waals surface area contributed by atoms with E-state index in [0.29, 0.717) is 36.6 Å². The minimum atomic E-state index is -0.537. The van der Waals surface area contributed by atoms with Gasteiger partial charge in [0.05, 0.1) is 18.4 Å². The molecule has 5 rings (SSSR count). The number of aromatic nitrogens is 2. The number of carbonyl (C=O) groups is 1. The van der Waals surface area contributed by atoms with E-state index in [1.54, 1.807) is 0 Å². The van der Waals surface area contributed by atoms with Crippen molar-refractivity contribution in [3.05, 3.63) is 83.3 Å². The third-order valence-electron chi connectivity index (χ3n) is 9.11. The van der Waals surface area contributed by atoms with Crippen LogP contribution in [0.15, 0.2) is 55.0 Å². The van der Waals surface area contributed by atoms with E-state index < -0.39 is 17.7 Å². The maximum absolute atomic E-state index is 14.5. The molecule has 4 atom stereocenters. The third kappa shape index (κ3) is 9.21. The Morgan fingerprint density at radius 1 is 1.13 bits per heavy atom.